The zero-order valence-corrected chi connectivity index (χ0v) is 11.8. The fraction of sp³-hybridized carbons (Fsp3) is 0.533. The Hall–Kier alpha value is -1.73. The lowest BCUT2D eigenvalue weighted by atomic mass is 10.0. The fourth-order valence-corrected chi connectivity index (χ4v) is 2.71. The topological polar surface area (TPSA) is 56.3 Å². The fourth-order valence-electron chi connectivity index (χ4n) is 2.71. The second-order valence-electron chi connectivity index (χ2n) is 5.16. The zero-order chi connectivity index (χ0) is 13.8. The van der Waals surface area contributed by atoms with Gasteiger partial charge in [-0.05, 0) is 37.6 Å². The van der Waals surface area contributed by atoms with Crippen LogP contribution in [0.4, 0.5) is 11.4 Å². The molecule has 102 valence electrons. The van der Waals surface area contributed by atoms with E-state index in [4.69, 9.17) is 11.0 Å². The van der Waals surface area contributed by atoms with Gasteiger partial charge in [0, 0.05) is 31.9 Å². The number of benzene rings is 1. The van der Waals surface area contributed by atoms with Crippen LogP contribution in [0.3, 0.4) is 0 Å². The van der Waals surface area contributed by atoms with Crippen LogP contribution in [0.1, 0.15) is 25.3 Å². The summed E-state index contributed by atoms with van der Waals surface area (Å²) in [5.41, 5.74) is 8.11. The van der Waals surface area contributed by atoms with E-state index in [-0.39, 0.29) is 0 Å². The van der Waals surface area contributed by atoms with Crippen LogP contribution < -0.4 is 10.6 Å². The van der Waals surface area contributed by atoms with Gasteiger partial charge in [0.1, 0.15) is 6.07 Å². The molecule has 1 aromatic rings. The quantitative estimate of drug-likeness (QED) is 0.843. The molecule has 0 saturated carbocycles. The highest BCUT2D eigenvalue weighted by molar-refractivity contribution is 5.63. The van der Waals surface area contributed by atoms with E-state index in [0.717, 1.165) is 25.3 Å². The van der Waals surface area contributed by atoms with Crippen LogP contribution in [0.15, 0.2) is 18.2 Å². The number of nitrogens with two attached hydrogens (primary N) is 1. The minimum atomic E-state index is 0.554. The molecule has 1 saturated heterocycles. The van der Waals surface area contributed by atoms with Crippen molar-refractivity contribution in [3.63, 3.8) is 0 Å². The molecule has 19 heavy (non-hydrogen) atoms. The predicted octanol–water partition coefficient (Wildman–Crippen LogP) is 2.06. The minimum Gasteiger partial charge on any atom is -0.398 e. The average Bonchev–Trinajstić information content (AvgIpc) is 2.46. The average molecular weight is 258 g/mol. The molecule has 0 aliphatic carbocycles. The third-order valence-corrected chi connectivity index (χ3v) is 4.11. The Kier molecular flexibility index (Phi) is 4.28. The Labute approximate surface area is 115 Å². The largest absolute Gasteiger partial charge is 0.398 e. The smallest absolute Gasteiger partial charge is 0.101 e. The van der Waals surface area contributed by atoms with E-state index in [1.807, 2.05) is 18.2 Å². The Morgan fingerprint density at radius 1 is 1.42 bits per heavy atom. The van der Waals surface area contributed by atoms with Crippen LogP contribution in [-0.2, 0) is 0 Å². The number of nitrogen functional groups attached to an aromatic ring is 1. The van der Waals surface area contributed by atoms with Gasteiger partial charge in [-0.15, -0.1) is 0 Å². The van der Waals surface area contributed by atoms with Crippen LogP contribution in [0, 0.1) is 11.3 Å². The highest BCUT2D eigenvalue weighted by Gasteiger charge is 2.22. The molecular formula is C15H22N4. The van der Waals surface area contributed by atoms with Crippen LogP contribution >= 0.6 is 0 Å². The second-order valence-corrected chi connectivity index (χ2v) is 5.16. The van der Waals surface area contributed by atoms with E-state index >= 15 is 0 Å². The van der Waals surface area contributed by atoms with Crippen LogP contribution in [0.25, 0.3) is 0 Å². The third kappa shape index (κ3) is 2.99. The maximum absolute atomic E-state index is 8.90. The molecule has 4 heteroatoms. The number of hydrogen-bond donors (Lipinski definition) is 1. The highest BCUT2D eigenvalue weighted by Crippen LogP contribution is 2.25. The predicted molar refractivity (Wildman–Crippen MR) is 79.1 cm³/mol. The molecule has 0 atom stereocenters. The summed E-state index contributed by atoms with van der Waals surface area (Å²) in [4.78, 5) is 4.78. The number of nitrogens with zero attached hydrogens (tertiary/aromatic N) is 3. The third-order valence-electron chi connectivity index (χ3n) is 4.11. The molecule has 4 nitrogen and oxygen atoms in total. The van der Waals surface area contributed by atoms with Crippen LogP contribution in [0.2, 0.25) is 0 Å². The van der Waals surface area contributed by atoms with Gasteiger partial charge >= 0.3 is 0 Å². The van der Waals surface area contributed by atoms with Gasteiger partial charge in [0.25, 0.3) is 0 Å². The highest BCUT2D eigenvalue weighted by atomic mass is 15.2. The van der Waals surface area contributed by atoms with Crippen molar-refractivity contribution in [3.05, 3.63) is 23.8 Å². The van der Waals surface area contributed by atoms with Crippen molar-refractivity contribution in [1.82, 2.24) is 4.90 Å². The Morgan fingerprint density at radius 3 is 2.63 bits per heavy atom. The molecule has 1 heterocycles. The Balaban J connectivity index is 2.06. The van der Waals surface area contributed by atoms with Crippen LogP contribution in [0.5, 0.6) is 0 Å². The first kappa shape index (κ1) is 13.7. The summed E-state index contributed by atoms with van der Waals surface area (Å²) < 4.78 is 0. The Bertz CT molecular complexity index is 470. The molecule has 1 fully saturated rings. The number of anilines is 2. The standard InChI is InChI=1S/C15H22N4/c1-3-19-8-6-13(7-9-19)18(2)14-5-4-12(11-16)15(17)10-14/h4-5,10,13H,3,6-9,17H2,1-2H3. The maximum Gasteiger partial charge on any atom is 0.101 e. The molecule has 0 radical (unpaired) electrons. The first-order valence-electron chi connectivity index (χ1n) is 6.90. The Morgan fingerprint density at radius 2 is 2.11 bits per heavy atom. The summed E-state index contributed by atoms with van der Waals surface area (Å²) in [5.74, 6) is 0. The molecule has 0 amide bonds. The molecule has 2 N–H and O–H groups in total. The van der Waals surface area contributed by atoms with E-state index in [0.29, 0.717) is 17.3 Å². The van der Waals surface area contributed by atoms with Crippen molar-refractivity contribution in [2.75, 3.05) is 37.3 Å². The zero-order valence-electron chi connectivity index (χ0n) is 11.8. The van der Waals surface area contributed by atoms with Crippen molar-refractivity contribution in [3.8, 4) is 6.07 Å². The van der Waals surface area contributed by atoms with Crippen molar-refractivity contribution >= 4 is 11.4 Å². The lowest BCUT2D eigenvalue weighted by Crippen LogP contribution is -2.43. The molecule has 0 unspecified atom stereocenters. The normalized spacial score (nSPS) is 17.1. The summed E-state index contributed by atoms with van der Waals surface area (Å²) in [6.45, 7) is 5.68. The van der Waals surface area contributed by atoms with Gasteiger partial charge in [-0.3, -0.25) is 0 Å². The number of rotatable bonds is 3. The summed E-state index contributed by atoms with van der Waals surface area (Å²) in [6.07, 6.45) is 2.37. The summed E-state index contributed by atoms with van der Waals surface area (Å²) in [6, 6.07) is 8.37. The number of hydrogen-bond acceptors (Lipinski definition) is 4. The minimum absolute atomic E-state index is 0.554. The van der Waals surface area contributed by atoms with Gasteiger partial charge in [0.05, 0.1) is 11.3 Å². The van der Waals surface area contributed by atoms with Gasteiger partial charge in [0.15, 0.2) is 0 Å². The maximum atomic E-state index is 8.90. The van der Waals surface area contributed by atoms with Crippen LogP contribution in [-0.4, -0.2) is 37.6 Å². The van der Waals surface area contributed by atoms with Crippen molar-refractivity contribution in [1.29, 1.82) is 5.26 Å². The van der Waals surface area contributed by atoms with Crippen molar-refractivity contribution in [2.45, 2.75) is 25.8 Å². The van der Waals surface area contributed by atoms with E-state index in [1.54, 1.807) is 0 Å². The molecule has 0 spiro atoms. The second kappa shape index (κ2) is 5.94. The molecule has 0 bridgehead atoms. The lowest BCUT2D eigenvalue weighted by molar-refractivity contribution is 0.221. The van der Waals surface area contributed by atoms with E-state index in [1.165, 1.54) is 12.8 Å². The van der Waals surface area contributed by atoms with Crippen molar-refractivity contribution < 1.29 is 0 Å². The first-order chi connectivity index (χ1) is 9.15. The molecule has 2 rings (SSSR count). The first-order valence-corrected chi connectivity index (χ1v) is 6.90. The molecule has 1 aliphatic heterocycles. The number of nitriles is 1. The molecule has 1 aliphatic rings. The van der Waals surface area contributed by atoms with Gasteiger partial charge in [-0.25, -0.2) is 0 Å². The molecule has 1 aromatic carbocycles. The summed E-state index contributed by atoms with van der Waals surface area (Å²) >= 11 is 0. The van der Waals surface area contributed by atoms with Gasteiger partial charge in [-0.2, -0.15) is 5.26 Å². The van der Waals surface area contributed by atoms with Crippen molar-refractivity contribution in [2.24, 2.45) is 0 Å². The van der Waals surface area contributed by atoms with Gasteiger partial charge in [0.2, 0.25) is 0 Å². The van der Waals surface area contributed by atoms with E-state index in [2.05, 4.69) is 29.8 Å². The van der Waals surface area contributed by atoms with Gasteiger partial charge < -0.3 is 15.5 Å². The number of likely N-dealkylation sites (tertiary alicyclic amines) is 1. The lowest BCUT2D eigenvalue weighted by Gasteiger charge is -2.37. The number of piperidine rings is 1. The molecular weight excluding hydrogens is 236 g/mol. The summed E-state index contributed by atoms with van der Waals surface area (Å²) in [5, 5.41) is 8.90. The monoisotopic (exact) mass is 258 g/mol. The van der Waals surface area contributed by atoms with E-state index < -0.39 is 0 Å². The summed E-state index contributed by atoms with van der Waals surface area (Å²) in [7, 11) is 2.12. The SMILES string of the molecule is CCN1CCC(N(C)c2ccc(C#N)c(N)c2)CC1. The molecule has 0 aromatic heterocycles. The van der Waals surface area contributed by atoms with E-state index in [9.17, 15) is 0 Å². The van der Waals surface area contributed by atoms with Gasteiger partial charge in [-0.1, -0.05) is 6.92 Å².